The number of nitrogens with zero attached hydrogens (tertiary/aromatic N) is 6. The minimum atomic E-state index is -0.134. The van der Waals surface area contributed by atoms with E-state index in [4.69, 9.17) is 4.74 Å². The lowest BCUT2D eigenvalue weighted by Gasteiger charge is -2.28. The minimum absolute atomic E-state index is 0.0218. The summed E-state index contributed by atoms with van der Waals surface area (Å²) >= 11 is 0. The van der Waals surface area contributed by atoms with Gasteiger partial charge in [-0.1, -0.05) is 11.3 Å². The maximum Gasteiger partial charge on any atom is 0.278 e. The van der Waals surface area contributed by atoms with E-state index in [2.05, 4.69) is 15.2 Å². The van der Waals surface area contributed by atoms with Crippen LogP contribution in [0.1, 0.15) is 16.1 Å². The van der Waals surface area contributed by atoms with Gasteiger partial charge in [-0.2, -0.15) is 0 Å². The van der Waals surface area contributed by atoms with Gasteiger partial charge in [-0.25, -0.2) is 4.68 Å². The fourth-order valence-electron chi connectivity index (χ4n) is 3.61. The molecule has 0 N–H and O–H groups in total. The number of likely N-dealkylation sites (N-methyl/N-ethyl adjacent to an activating group) is 1. The van der Waals surface area contributed by atoms with E-state index < -0.39 is 0 Å². The molecule has 0 radical (unpaired) electrons. The number of ether oxygens (including phenoxy) is 1. The van der Waals surface area contributed by atoms with Gasteiger partial charge in [0, 0.05) is 45.1 Å². The molecule has 1 fully saturated rings. The number of carbonyl (C=O) groups is 2. The van der Waals surface area contributed by atoms with Gasteiger partial charge in [-0.3, -0.25) is 14.5 Å². The highest BCUT2D eigenvalue weighted by molar-refractivity contribution is 6.06. The normalized spacial score (nSPS) is 16.9. The molecule has 2 aliphatic heterocycles. The van der Waals surface area contributed by atoms with Crippen LogP contribution in [-0.2, 0) is 23.0 Å². The molecule has 2 amide bonds. The first-order chi connectivity index (χ1) is 13.5. The number of fused-ring (bicyclic) bond motifs is 1. The summed E-state index contributed by atoms with van der Waals surface area (Å²) in [5.41, 5.74) is 3.16. The van der Waals surface area contributed by atoms with E-state index in [1.807, 2.05) is 18.2 Å². The summed E-state index contributed by atoms with van der Waals surface area (Å²) in [4.78, 5) is 31.1. The fraction of sp³-hybridized carbons (Fsp3) is 0.474. The zero-order valence-corrected chi connectivity index (χ0v) is 16.2. The van der Waals surface area contributed by atoms with Crippen LogP contribution in [0.5, 0.6) is 0 Å². The molecule has 0 bridgehead atoms. The van der Waals surface area contributed by atoms with Crippen LogP contribution in [-0.4, -0.2) is 78.1 Å². The van der Waals surface area contributed by atoms with Gasteiger partial charge in [0.05, 0.1) is 26.0 Å². The first-order valence-corrected chi connectivity index (χ1v) is 9.40. The fourth-order valence-corrected chi connectivity index (χ4v) is 3.61. The Morgan fingerprint density at radius 1 is 1.21 bits per heavy atom. The van der Waals surface area contributed by atoms with Crippen molar-refractivity contribution in [3.8, 4) is 0 Å². The molecule has 1 aromatic heterocycles. The summed E-state index contributed by atoms with van der Waals surface area (Å²) in [5, 5.41) is 7.64. The summed E-state index contributed by atoms with van der Waals surface area (Å²) in [6, 6.07) is 5.86. The third-order valence-corrected chi connectivity index (χ3v) is 5.37. The van der Waals surface area contributed by atoms with Crippen LogP contribution in [0, 0.1) is 0 Å². The van der Waals surface area contributed by atoms with Crippen LogP contribution in [0.2, 0.25) is 0 Å². The Morgan fingerprint density at radius 3 is 2.71 bits per heavy atom. The molecule has 9 heteroatoms. The highest BCUT2D eigenvalue weighted by Gasteiger charge is 2.28. The standard InChI is InChI=1S/C19H24N6O3/c1-22(18(26)13-24-7-9-28-10-8-24)15-4-3-14-5-6-25(16(14)11-15)19(27)17-12-20-21-23(17)2/h3-4,11-12H,5-10,13H2,1-2H3. The molecule has 1 aromatic carbocycles. The molecule has 0 unspecified atom stereocenters. The second kappa shape index (κ2) is 7.69. The summed E-state index contributed by atoms with van der Waals surface area (Å²) in [6.45, 7) is 3.83. The van der Waals surface area contributed by atoms with E-state index in [-0.39, 0.29) is 11.8 Å². The van der Waals surface area contributed by atoms with E-state index >= 15 is 0 Å². The smallest absolute Gasteiger partial charge is 0.278 e. The third-order valence-electron chi connectivity index (χ3n) is 5.37. The number of morpholine rings is 1. The molecule has 0 spiro atoms. The first-order valence-electron chi connectivity index (χ1n) is 9.40. The van der Waals surface area contributed by atoms with E-state index in [0.29, 0.717) is 32.0 Å². The summed E-state index contributed by atoms with van der Waals surface area (Å²) < 4.78 is 6.81. The predicted octanol–water partition coefficient (Wildman–Crippen LogP) is 0.313. The molecule has 148 valence electrons. The quantitative estimate of drug-likeness (QED) is 0.755. The Bertz CT molecular complexity index is 890. The zero-order chi connectivity index (χ0) is 19.7. The van der Waals surface area contributed by atoms with Crippen LogP contribution >= 0.6 is 0 Å². The van der Waals surface area contributed by atoms with Crippen LogP contribution < -0.4 is 9.80 Å². The van der Waals surface area contributed by atoms with Gasteiger partial charge in [0.15, 0.2) is 0 Å². The third kappa shape index (κ3) is 3.50. The Labute approximate surface area is 163 Å². The van der Waals surface area contributed by atoms with Gasteiger partial charge in [0.25, 0.3) is 5.91 Å². The molecular weight excluding hydrogens is 360 g/mol. The van der Waals surface area contributed by atoms with Crippen molar-refractivity contribution in [1.29, 1.82) is 0 Å². The first kappa shape index (κ1) is 18.6. The maximum atomic E-state index is 12.9. The molecule has 2 aliphatic rings. The number of hydrogen-bond acceptors (Lipinski definition) is 6. The number of hydrogen-bond donors (Lipinski definition) is 0. The summed E-state index contributed by atoms with van der Waals surface area (Å²) in [7, 11) is 3.47. The lowest BCUT2D eigenvalue weighted by molar-refractivity contribution is -0.120. The van der Waals surface area contributed by atoms with Crippen molar-refractivity contribution in [2.75, 3.05) is 56.2 Å². The molecule has 9 nitrogen and oxygen atoms in total. The zero-order valence-electron chi connectivity index (χ0n) is 16.2. The van der Waals surface area contributed by atoms with E-state index in [9.17, 15) is 9.59 Å². The van der Waals surface area contributed by atoms with E-state index in [1.165, 1.54) is 10.9 Å². The number of aryl methyl sites for hydroxylation is 1. The van der Waals surface area contributed by atoms with Crippen molar-refractivity contribution in [3.05, 3.63) is 35.7 Å². The molecule has 4 rings (SSSR count). The maximum absolute atomic E-state index is 12.9. The highest BCUT2D eigenvalue weighted by Crippen LogP contribution is 2.33. The average molecular weight is 384 g/mol. The lowest BCUT2D eigenvalue weighted by atomic mass is 10.1. The van der Waals surface area contributed by atoms with Gasteiger partial charge in [-0.15, -0.1) is 5.10 Å². The second-order valence-corrected chi connectivity index (χ2v) is 7.10. The van der Waals surface area contributed by atoms with Gasteiger partial charge in [-0.05, 0) is 24.1 Å². The Hall–Kier alpha value is -2.78. The topological polar surface area (TPSA) is 83.8 Å². The second-order valence-electron chi connectivity index (χ2n) is 7.10. The van der Waals surface area contributed by atoms with Crippen LogP contribution in [0.4, 0.5) is 11.4 Å². The molecule has 0 saturated carbocycles. The van der Waals surface area contributed by atoms with Crippen LogP contribution in [0.15, 0.2) is 24.4 Å². The molecule has 3 heterocycles. The molecular formula is C19H24N6O3. The summed E-state index contributed by atoms with van der Waals surface area (Å²) in [6.07, 6.45) is 2.26. The number of anilines is 2. The van der Waals surface area contributed by atoms with Crippen molar-refractivity contribution in [1.82, 2.24) is 19.9 Å². The van der Waals surface area contributed by atoms with Gasteiger partial charge in [0.2, 0.25) is 5.91 Å². The number of rotatable bonds is 4. The Balaban J connectivity index is 1.52. The van der Waals surface area contributed by atoms with Crippen LogP contribution in [0.3, 0.4) is 0 Å². The Morgan fingerprint density at radius 2 is 2.00 bits per heavy atom. The number of aromatic nitrogens is 3. The van der Waals surface area contributed by atoms with Gasteiger partial charge >= 0.3 is 0 Å². The van der Waals surface area contributed by atoms with Gasteiger partial charge in [0.1, 0.15) is 5.69 Å². The average Bonchev–Trinajstić information content (AvgIpc) is 3.33. The van der Waals surface area contributed by atoms with Crippen molar-refractivity contribution in [2.45, 2.75) is 6.42 Å². The molecule has 28 heavy (non-hydrogen) atoms. The lowest BCUT2D eigenvalue weighted by Crippen LogP contribution is -2.43. The SMILES string of the molecule is CN(C(=O)CN1CCOCC1)c1ccc2c(c1)N(C(=O)c1cnnn1C)CC2. The van der Waals surface area contributed by atoms with Crippen LogP contribution in [0.25, 0.3) is 0 Å². The summed E-state index contributed by atoms with van der Waals surface area (Å²) in [5.74, 6) is -0.112. The van der Waals surface area contributed by atoms with E-state index in [1.54, 1.807) is 23.9 Å². The predicted molar refractivity (Wildman–Crippen MR) is 103 cm³/mol. The molecule has 1 saturated heterocycles. The van der Waals surface area contributed by atoms with Crippen molar-refractivity contribution in [3.63, 3.8) is 0 Å². The van der Waals surface area contributed by atoms with Gasteiger partial charge < -0.3 is 14.5 Å². The molecule has 2 aromatic rings. The largest absolute Gasteiger partial charge is 0.379 e. The van der Waals surface area contributed by atoms with Crippen molar-refractivity contribution >= 4 is 23.2 Å². The number of amides is 2. The number of carbonyl (C=O) groups excluding carboxylic acids is 2. The van der Waals surface area contributed by atoms with Crippen molar-refractivity contribution in [2.24, 2.45) is 7.05 Å². The monoisotopic (exact) mass is 384 g/mol. The van der Waals surface area contributed by atoms with E-state index in [0.717, 1.165) is 36.4 Å². The Kier molecular flexibility index (Phi) is 5.10. The van der Waals surface area contributed by atoms with Crippen molar-refractivity contribution < 1.29 is 14.3 Å². The molecule has 0 atom stereocenters. The minimum Gasteiger partial charge on any atom is -0.379 e. The molecule has 0 aliphatic carbocycles. The highest BCUT2D eigenvalue weighted by atomic mass is 16.5. The number of benzene rings is 1.